The van der Waals surface area contributed by atoms with E-state index in [1.807, 2.05) is 0 Å². The molecule has 3 N–H and O–H groups in total. The predicted molar refractivity (Wildman–Crippen MR) is 87.5 cm³/mol. The molecule has 0 saturated heterocycles. The quantitative estimate of drug-likeness (QED) is 0.707. The Kier molecular flexibility index (Phi) is 5.14. The minimum Gasteiger partial charge on any atom is -0.506 e. The summed E-state index contributed by atoms with van der Waals surface area (Å²) >= 11 is 5.88. The Morgan fingerprint density at radius 3 is 2.67 bits per heavy atom. The molecule has 0 aliphatic rings. The van der Waals surface area contributed by atoms with Crippen LogP contribution in [-0.4, -0.2) is 28.1 Å². The molecule has 0 aliphatic carbocycles. The van der Waals surface area contributed by atoms with E-state index in [1.54, 1.807) is 6.92 Å². The van der Waals surface area contributed by atoms with Crippen LogP contribution in [0.3, 0.4) is 0 Å². The van der Waals surface area contributed by atoms with Crippen LogP contribution in [0.5, 0.6) is 5.75 Å². The van der Waals surface area contributed by atoms with Crippen molar-refractivity contribution >= 4 is 34.4 Å². The minimum atomic E-state index is -1.14. The molecule has 0 radical (unpaired) electrons. The molecule has 1 heterocycles. The van der Waals surface area contributed by atoms with E-state index in [9.17, 15) is 19.5 Å². The van der Waals surface area contributed by atoms with E-state index in [4.69, 9.17) is 21.1 Å². The Balaban J connectivity index is 2.26. The lowest BCUT2D eigenvalue weighted by Crippen LogP contribution is -2.38. The molecule has 0 bridgehead atoms. The number of carbonyl (C=O) groups is 2. The van der Waals surface area contributed by atoms with Gasteiger partial charge in [-0.3, -0.25) is 9.59 Å². The van der Waals surface area contributed by atoms with Crippen molar-refractivity contribution in [2.45, 2.75) is 32.7 Å². The zero-order chi connectivity index (χ0) is 18.0. The first-order chi connectivity index (χ1) is 11.2. The molecular formula is C16H16ClNO6. The molecule has 0 saturated carbocycles. The van der Waals surface area contributed by atoms with Gasteiger partial charge in [0.2, 0.25) is 5.91 Å². The Bertz CT molecular complexity index is 873. The number of benzene rings is 1. The number of hydrogen-bond donors (Lipinski definition) is 3. The third-order valence-electron chi connectivity index (χ3n) is 3.70. The molecule has 2 aromatic rings. The number of phenols is 1. The number of hydrogen-bond acceptors (Lipinski definition) is 5. The minimum absolute atomic E-state index is 0.0550. The van der Waals surface area contributed by atoms with Gasteiger partial charge < -0.3 is 19.9 Å². The van der Waals surface area contributed by atoms with Gasteiger partial charge in [-0.2, -0.15) is 0 Å². The van der Waals surface area contributed by atoms with Crippen LogP contribution in [0.4, 0.5) is 0 Å². The first-order valence-electron chi connectivity index (χ1n) is 7.17. The third-order valence-corrected chi connectivity index (χ3v) is 4.01. The summed E-state index contributed by atoms with van der Waals surface area (Å²) in [5.41, 5.74) is 0.498. The van der Waals surface area contributed by atoms with E-state index >= 15 is 0 Å². The maximum absolute atomic E-state index is 12.1. The average Bonchev–Trinajstić information content (AvgIpc) is 2.49. The maximum Gasteiger partial charge on any atom is 0.339 e. The summed E-state index contributed by atoms with van der Waals surface area (Å²) in [6.07, 6.45) is 0.0430. The smallest absolute Gasteiger partial charge is 0.339 e. The molecule has 7 nitrogen and oxygen atoms in total. The molecule has 8 heteroatoms. The highest BCUT2D eigenvalue weighted by molar-refractivity contribution is 6.32. The van der Waals surface area contributed by atoms with Crippen molar-refractivity contribution in [3.8, 4) is 5.75 Å². The molecule has 0 fully saturated rings. The Morgan fingerprint density at radius 2 is 2.04 bits per heavy atom. The second-order valence-corrected chi connectivity index (χ2v) is 5.83. The zero-order valence-electron chi connectivity index (χ0n) is 13.1. The largest absolute Gasteiger partial charge is 0.506 e. The predicted octanol–water partition coefficient (Wildman–Crippen LogP) is 1.98. The molecular weight excluding hydrogens is 338 g/mol. The molecule has 0 aliphatic heterocycles. The number of amides is 1. The highest BCUT2D eigenvalue weighted by Crippen LogP contribution is 2.30. The van der Waals surface area contributed by atoms with Gasteiger partial charge in [-0.1, -0.05) is 11.6 Å². The molecule has 0 spiro atoms. The summed E-state index contributed by atoms with van der Waals surface area (Å²) in [5.74, 6) is -1.81. The number of carbonyl (C=O) groups excluding carboxylic acids is 1. The van der Waals surface area contributed by atoms with Crippen LogP contribution < -0.4 is 10.9 Å². The van der Waals surface area contributed by atoms with Gasteiger partial charge in [0.05, 0.1) is 5.02 Å². The Hall–Kier alpha value is -2.54. The number of nitrogens with one attached hydrogen (secondary N) is 1. The van der Waals surface area contributed by atoms with E-state index in [0.29, 0.717) is 16.5 Å². The number of aryl methyl sites for hydroxylation is 1. The van der Waals surface area contributed by atoms with E-state index in [1.165, 1.54) is 19.1 Å². The Morgan fingerprint density at radius 1 is 1.38 bits per heavy atom. The second kappa shape index (κ2) is 6.92. The SMILES string of the molecule is Cc1c(CCC(=O)N[C@H](C)C(=O)O)c(=O)oc2cc(O)c(Cl)cc12. The molecule has 128 valence electrons. The van der Waals surface area contributed by atoms with Gasteiger partial charge in [0.15, 0.2) is 0 Å². The summed E-state index contributed by atoms with van der Waals surface area (Å²) in [6.45, 7) is 3.05. The summed E-state index contributed by atoms with van der Waals surface area (Å²) in [7, 11) is 0. The number of carboxylic acid groups (broad SMARTS) is 1. The third kappa shape index (κ3) is 3.68. The standard InChI is InChI=1S/C16H16ClNO6/c1-7-9(3-4-14(20)18-8(2)15(21)22)16(23)24-13-6-12(19)11(17)5-10(7)13/h5-6,8,19H,3-4H2,1-2H3,(H,18,20)(H,21,22)/t8-/m1/s1. The monoisotopic (exact) mass is 353 g/mol. The number of carboxylic acids is 1. The van der Waals surface area contributed by atoms with Gasteiger partial charge >= 0.3 is 11.6 Å². The van der Waals surface area contributed by atoms with Crippen molar-refractivity contribution in [3.63, 3.8) is 0 Å². The summed E-state index contributed by atoms with van der Waals surface area (Å²) in [4.78, 5) is 34.6. The Labute approximate surface area is 141 Å². The number of phenolic OH excluding ortho intramolecular Hbond substituents is 1. The van der Waals surface area contributed by atoms with Crippen LogP contribution in [0.1, 0.15) is 24.5 Å². The lowest BCUT2D eigenvalue weighted by molar-refractivity contribution is -0.141. The zero-order valence-corrected chi connectivity index (χ0v) is 13.8. The van der Waals surface area contributed by atoms with Gasteiger partial charge in [0.25, 0.3) is 0 Å². The van der Waals surface area contributed by atoms with Crippen molar-refractivity contribution < 1.29 is 24.2 Å². The number of aliphatic carboxylic acids is 1. The van der Waals surface area contributed by atoms with Gasteiger partial charge in [-0.05, 0) is 31.9 Å². The molecule has 1 aromatic heterocycles. The van der Waals surface area contributed by atoms with Gasteiger partial charge in [-0.25, -0.2) is 4.79 Å². The number of rotatable bonds is 5. The van der Waals surface area contributed by atoms with Crippen LogP contribution in [0.25, 0.3) is 11.0 Å². The van der Waals surface area contributed by atoms with Gasteiger partial charge in [-0.15, -0.1) is 0 Å². The van der Waals surface area contributed by atoms with Crippen molar-refractivity contribution in [2.24, 2.45) is 0 Å². The summed E-state index contributed by atoms with van der Waals surface area (Å²) in [6, 6.07) is 1.74. The van der Waals surface area contributed by atoms with Crippen molar-refractivity contribution in [1.29, 1.82) is 0 Å². The lowest BCUT2D eigenvalue weighted by Gasteiger charge is -2.11. The number of aromatic hydroxyl groups is 1. The van der Waals surface area contributed by atoms with Crippen molar-refractivity contribution in [2.75, 3.05) is 0 Å². The fourth-order valence-corrected chi connectivity index (χ4v) is 2.46. The second-order valence-electron chi connectivity index (χ2n) is 5.42. The molecule has 1 aromatic carbocycles. The molecule has 1 atom stereocenters. The first kappa shape index (κ1) is 17.8. The normalized spacial score (nSPS) is 12.1. The number of fused-ring (bicyclic) bond motifs is 1. The van der Waals surface area contributed by atoms with Crippen LogP contribution in [-0.2, 0) is 16.0 Å². The van der Waals surface area contributed by atoms with E-state index in [2.05, 4.69) is 5.32 Å². The fraction of sp³-hybridized carbons (Fsp3) is 0.312. The topological polar surface area (TPSA) is 117 Å². The van der Waals surface area contributed by atoms with E-state index < -0.39 is 23.5 Å². The lowest BCUT2D eigenvalue weighted by atomic mass is 10.0. The molecule has 2 rings (SSSR count). The molecule has 1 amide bonds. The molecule has 0 unspecified atom stereocenters. The maximum atomic E-state index is 12.1. The average molecular weight is 354 g/mol. The fourth-order valence-electron chi connectivity index (χ4n) is 2.30. The van der Waals surface area contributed by atoms with Gasteiger partial charge in [0.1, 0.15) is 17.4 Å². The van der Waals surface area contributed by atoms with E-state index in [0.717, 1.165) is 0 Å². The summed E-state index contributed by atoms with van der Waals surface area (Å²) in [5, 5.41) is 21.3. The summed E-state index contributed by atoms with van der Waals surface area (Å²) < 4.78 is 5.16. The number of halogens is 1. The van der Waals surface area contributed by atoms with Crippen molar-refractivity contribution in [3.05, 3.63) is 38.7 Å². The van der Waals surface area contributed by atoms with Crippen LogP contribution in [0, 0.1) is 6.92 Å². The highest BCUT2D eigenvalue weighted by Gasteiger charge is 2.17. The van der Waals surface area contributed by atoms with Crippen LogP contribution >= 0.6 is 11.6 Å². The highest BCUT2D eigenvalue weighted by atomic mass is 35.5. The first-order valence-corrected chi connectivity index (χ1v) is 7.55. The van der Waals surface area contributed by atoms with Crippen LogP contribution in [0.2, 0.25) is 5.02 Å². The van der Waals surface area contributed by atoms with Crippen LogP contribution in [0.15, 0.2) is 21.3 Å². The van der Waals surface area contributed by atoms with Gasteiger partial charge in [0, 0.05) is 23.4 Å². The van der Waals surface area contributed by atoms with Crippen molar-refractivity contribution in [1.82, 2.24) is 5.32 Å². The van der Waals surface area contributed by atoms with E-state index in [-0.39, 0.29) is 29.2 Å². The molecule has 24 heavy (non-hydrogen) atoms.